The lowest BCUT2D eigenvalue weighted by Gasteiger charge is -2.36. The van der Waals surface area contributed by atoms with Crippen LogP contribution in [-0.4, -0.2) is 66.1 Å². The van der Waals surface area contributed by atoms with Gasteiger partial charge in [-0.2, -0.15) is 11.8 Å². The molecule has 25 heavy (non-hydrogen) atoms. The van der Waals surface area contributed by atoms with E-state index in [0.29, 0.717) is 35.6 Å². The maximum atomic E-state index is 12.4. The molecule has 2 aliphatic rings. The van der Waals surface area contributed by atoms with E-state index in [9.17, 15) is 4.79 Å². The number of carbonyl (C=O) groups excluding carboxylic acids is 1. The first-order chi connectivity index (χ1) is 11.1. The predicted molar refractivity (Wildman–Crippen MR) is 111 cm³/mol. The number of carbonyl (C=O) groups is 1. The molecule has 10 heteroatoms. The van der Waals surface area contributed by atoms with Crippen molar-refractivity contribution in [2.24, 2.45) is 0 Å². The normalized spacial score (nSPS) is 20.5. The van der Waals surface area contributed by atoms with E-state index in [1.54, 1.807) is 12.3 Å². The number of hydrogen-bond donors (Lipinski definition) is 1. The molecule has 3 rings (SSSR count). The number of nitrogens with one attached hydrogen (secondary N) is 1. The van der Waals surface area contributed by atoms with Gasteiger partial charge in [-0.25, -0.2) is 4.98 Å². The summed E-state index contributed by atoms with van der Waals surface area (Å²) in [6.45, 7) is 3.90. The van der Waals surface area contributed by atoms with Gasteiger partial charge >= 0.3 is 0 Å². The summed E-state index contributed by atoms with van der Waals surface area (Å²) in [5.41, 5.74) is 0. The van der Waals surface area contributed by atoms with Crippen molar-refractivity contribution in [3.63, 3.8) is 0 Å². The van der Waals surface area contributed by atoms with Crippen LogP contribution in [0.15, 0.2) is 12.3 Å². The number of halogens is 4. The largest absolute Gasteiger partial charge is 0.352 e. The Morgan fingerprint density at radius 3 is 2.60 bits per heavy atom. The Labute approximate surface area is 175 Å². The molecule has 142 valence electrons. The highest BCUT2D eigenvalue weighted by Gasteiger charge is 2.25. The Bertz CT molecular complexity index is 566. The smallest absolute Gasteiger partial charge is 0.224 e. The number of amides is 1. The van der Waals surface area contributed by atoms with Crippen LogP contribution < -0.4 is 10.2 Å². The van der Waals surface area contributed by atoms with E-state index in [2.05, 4.69) is 15.2 Å². The van der Waals surface area contributed by atoms with Crippen LogP contribution in [0.1, 0.15) is 6.42 Å². The number of thioether (sulfide) groups is 1. The van der Waals surface area contributed by atoms with Crippen molar-refractivity contribution in [2.75, 3.05) is 49.1 Å². The summed E-state index contributed by atoms with van der Waals surface area (Å²) in [6, 6.07) is 2.02. The molecule has 1 aromatic rings. The third-order valence-corrected chi connectivity index (χ3v) is 5.76. The Kier molecular flexibility index (Phi) is 10.00. The molecule has 1 aromatic heterocycles. The van der Waals surface area contributed by atoms with Gasteiger partial charge in [0.2, 0.25) is 5.91 Å². The fourth-order valence-electron chi connectivity index (χ4n) is 2.90. The van der Waals surface area contributed by atoms with Gasteiger partial charge < -0.3 is 15.1 Å². The average molecular weight is 448 g/mol. The van der Waals surface area contributed by atoms with Crippen LogP contribution in [0.4, 0.5) is 5.82 Å². The topological polar surface area (TPSA) is 48.5 Å². The monoisotopic (exact) mass is 446 g/mol. The highest BCUT2D eigenvalue weighted by atomic mass is 35.5. The molecule has 1 atom stereocenters. The first-order valence-electron chi connectivity index (χ1n) is 7.78. The molecule has 2 aliphatic heterocycles. The number of pyridine rings is 1. The van der Waals surface area contributed by atoms with E-state index in [-0.39, 0.29) is 30.7 Å². The Balaban J connectivity index is 0.00000156. The minimum absolute atomic E-state index is 0. The molecular formula is C15H22Cl4N4OS. The number of nitrogens with zero attached hydrogens (tertiary/aromatic N) is 3. The van der Waals surface area contributed by atoms with Crippen molar-refractivity contribution in [3.05, 3.63) is 22.3 Å². The number of hydrogen-bond acceptors (Lipinski definition) is 5. The second-order valence-electron chi connectivity index (χ2n) is 5.76. The van der Waals surface area contributed by atoms with Gasteiger partial charge in [0.25, 0.3) is 0 Å². The molecule has 0 aliphatic carbocycles. The number of rotatable bonds is 3. The number of anilines is 1. The zero-order valence-corrected chi connectivity index (χ0v) is 17.6. The second-order valence-corrected chi connectivity index (χ2v) is 7.75. The van der Waals surface area contributed by atoms with Crippen LogP contribution in [0.5, 0.6) is 0 Å². The van der Waals surface area contributed by atoms with Crippen LogP contribution in [0.2, 0.25) is 10.0 Å². The zero-order chi connectivity index (χ0) is 16.2. The van der Waals surface area contributed by atoms with Gasteiger partial charge in [-0.3, -0.25) is 4.79 Å². The van der Waals surface area contributed by atoms with E-state index in [1.807, 2.05) is 16.7 Å². The predicted octanol–water partition coefficient (Wildman–Crippen LogP) is 2.98. The molecule has 0 bridgehead atoms. The summed E-state index contributed by atoms with van der Waals surface area (Å²) in [4.78, 5) is 20.8. The molecule has 2 fully saturated rings. The molecular weight excluding hydrogens is 426 g/mol. The molecule has 0 radical (unpaired) electrons. The van der Waals surface area contributed by atoms with Crippen LogP contribution in [-0.2, 0) is 4.79 Å². The van der Waals surface area contributed by atoms with Gasteiger partial charge in [0.1, 0.15) is 5.82 Å². The van der Waals surface area contributed by atoms with Crippen LogP contribution in [0, 0.1) is 0 Å². The third kappa shape index (κ3) is 6.22. The maximum Gasteiger partial charge on any atom is 0.224 e. The molecule has 0 aromatic carbocycles. The van der Waals surface area contributed by atoms with E-state index >= 15 is 0 Å². The molecule has 0 spiro atoms. The van der Waals surface area contributed by atoms with Crippen molar-refractivity contribution in [2.45, 2.75) is 12.5 Å². The number of piperazine rings is 1. The summed E-state index contributed by atoms with van der Waals surface area (Å²) in [5, 5.41) is 4.51. The lowest BCUT2D eigenvalue weighted by Crippen LogP contribution is -2.51. The first-order valence-corrected chi connectivity index (χ1v) is 9.69. The van der Waals surface area contributed by atoms with Gasteiger partial charge in [-0.1, -0.05) is 23.2 Å². The lowest BCUT2D eigenvalue weighted by atomic mass is 10.2. The van der Waals surface area contributed by atoms with Gasteiger partial charge in [-0.15, -0.1) is 24.8 Å². The molecule has 5 nitrogen and oxygen atoms in total. The maximum absolute atomic E-state index is 12.4. The summed E-state index contributed by atoms with van der Waals surface area (Å²) in [6.07, 6.45) is 2.19. The molecule has 2 saturated heterocycles. The van der Waals surface area contributed by atoms with Crippen molar-refractivity contribution in [1.82, 2.24) is 15.2 Å². The first kappa shape index (κ1) is 22.9. The molecule has 3 heterocycles. The summed E-state index contributed by atoms with van der Waals surface area (Å²) in [7, 11) is 0. The Hall–Kier alpha value is -0.110. The van der Waals surface area contributed by atoms with E-state index in [1.165, 1.54) is 0 Å². The highest BCUT2D eigenvalue weighted by Crippen LogP contribution is 2.26. The van der Waals surface area contributed by atoms with E-state index in [0.717, 1.165) is 37.0 Å². The fourth-order valence-corrected chi connectivity index (χ4v) is 4.35. The summed E-state index contributed by atoms with van der Waals surface area (Å²) >= 11 is 14.0. The van der Waals surface area contributed by atoms with E-state index in [4.69, 9.17) is 23.2 Å². The lowest BCUT2D eigenvalue weighted by molar-refractivity contribution is -0.131. The molecule has 0 saturated carbocycles. The Morgan fingerprint density at radius 2 is 2.00 bits per heavy atom. The molecule has 1 unspecified atom stereocenters. The standard InChI is InChI=1S/C15H20Cl2N4OS.2ClH/c16-11-7-13(17)15(19-9-11)21-4-2-20(3-5-21)14(22)8-12-10-23-6-1-18-12;;/h7,9,12,18H,1-6,8,10H2;2*1H. The van der Waals surface area contributed by atoms with Crippen LogP contribution in [0.25, 0.3) is 0 Å². The van der Waals surface area contributed by atoms with Gasteiger partial charge in [0, 0.05) is 62.9 Å². The SMILES string of the molecule is Cl.Cl.O=C(CC1CSCCN1)N1CCN(c2ncc(Cl)cc2Cl)CC1. The minimum atomic E-state index is 0. The zero-order valence-electron chi connectivity index (χ0n) is 13.6. The summed E-state index contributed by atoms with van der Waals surface area (Å²) in [5.74, 6) is 3.14. The van der Waals surface area contributed by atoms with Gasteiger partial charge in [-0.05, 0) is 6.07 Å². The fraction of sp³-hybridized carbons (Fsp3) is 0.600. The third-order valence-electron chi connectivity index (χ3n) is 4.14. The van der Waals surface area contributed by atoms with E-state index < -0.39 is 0 Å². The average Bonchev–Trinajstić information content (AvgIpc) is 2.56. The summed E-state index contributed by atoms with van der Waals surface area (Å²) < 4.78 is 0. The number of aromatic nitrogens is 1. The van der Waals surface area contributed by atoms with Gasteiger partial charge in [0.15, 0.2) is 0 Å². The molecule has 1 N–H and O–H groups in total. The molecule has 1 amide bonds. The second kappa shape index (κ2) is 10.9. The van der Waals surface area contributed by atoms with Gasteiger partial charge in [0.05, 0.1) is 10.0 Å². The quantitative estimate of drug-likeness (QED) is 0.771. The van der Waals surface area contributed by atoms with Crippen molar-refractivity contribution in [1.29, 1.82) is 0 Å². The minimum Gasteiger partial charge on any atom is -0.352 e. The van der Waals surface area contributed by atoms with Crippen LogP contribution in [0.3, 0.4) is 0 Å². The Morgan fingerprint density at radius 1 is 1.28 bits per heavy atom. The van der Waals surface area contributed by atoms with Crippen molar-refractivity contribution in [3.8, 4) is 0 Å². The highest BCUT2D eigenvalue weighted by molar-refractivity contribution is 7.99. The van der Waals surface area contributed by atoms with Crippen molar-refractivity contribution >= 4 is 71.5 Å². The van der Waals surface area contributed by atoms with Crippen molar-refractivity contribution < 1.29 is 4.79 Å². The van der Waals surface area contributed by atoms with Crippen LogP contribution >= 0.6 is 59.8 Å².